The fraction of sp³-hybridized carbons (Fsp3) is 0.444. The largest absolute Gasteiger partial charge is 0.504 e. The number of amides is 1. The van der Waals surface area contributed by atoms with Gasteiger partial charge in [-0.2, -0.15) is 0 Å². The highest BCUT2D eigenvalue weighted by atomic mass is 79.9. The molecule has 2 bridgehead atoms. The number of phenolic OH excluding ortho intramolecular Hbond substituents is 1. The molecule has 0 radical (unpaired) electrons. The van der Waals surface area contributed by atoms with Crippen molar-refractivity contribution in [2.45, 2.75) is 54.8 Å². The molecular formula is C27H28BrN3O5S. The van der Waals surface area contributed by atoms with Crippen LogP contribution in [0, 0.1) is 10.1 Å². The molecule has 5 atom stereocenters. The molecule has 6 rings (SSSR count). The highest BCUT2D eigenvalue weighted by molar-refractivity contribution is 9.10. The molecule has 1 aromatic carbocycles. The molecule has 194 valence electrons. The monoisotopic (exact) mass is 585 g/mol. The van der Waals surface area contributed by atoms with E-state index in [0.717, 1.165) is 20.5 Å². The van der Waals surface area contributed by atoms with Gasteiger partial charge in [-0.15, -0.1) is 17.9 Å². The summed E-state index contributed by atoms with van der Waals surface area (Å²) in [4.78, 5) is 31.2. The molecule has 2 aliphatic heterocycles. The number of likely N-dealkylation sites (tertiary alicyclic amines) is 1. The van der Waals surface area contributed by atoms with Crippen LogP contribution >= 0.6 is 27.3 Å². The Bertz CT molecular complexity index is 1340. The van der Waals surface area contributed by atoms with Gasteiger partial charge in [0.25, 0.3) is 5.54 Å². The van der Waals surface area contributed by atoms with Crippen molar-refractivity contribution in [1.29, 1.82) is 0 Å². The summed E-state index contributed by atoms with van der Waals surface area (Å²) in [6.45, 7) is 5.13. The van der Waals surface area contributed by atoms with Gasteiger partial charge >= 0.3 is 0 Å². The van der Waals surface area contributed by atoms with Crippen LogP contribution in [-0.4, -0.2) is 69.6 Å². The molecular weight excluding hydrogens is 558 g/mol. The van der Waals surface area contributed by atoms with Gasteiger partial charge < -0.3 is 14.7 Å². The molecule has 2 aliphatic carbocycles. The molecule has 1 N–H and O–H groups in total. The Hall–Kier alpha value is -2.69. The second-order valence-corrected chi connectivity index (χ2v) is 12.3. The molecule has 2 aromatic rings. The van der Waals surface area contributed by atoms with Crippen molar-refractivity contribution < 1.29 is 19.6 Å². The van der Waals surface area contributed by atoms with Gasteiger partial charge in [0.2, 0.25) is 5.91 Å². The van der Waals surface area contributed by atoms with E-state index >= 15 is 0 Å². The number of halogens is 1. The lowest BCUT2D eigenvalue weighted by molar-refractivity contribution is -0.605. The van der Waals surface area contributed by atoms with E-state index in [4.69, 9.17) is 4.74 Å². The number of thiophene rings is 1. The highest BCUT2D eigenvalue weighted by Gasteiger charge is 2.80. The standard InChI is InChI=1S/C27H28BrN3O5S/c1-3-11-30-12-10-26-23-16-4-6-20(32)24(23)36-25(26)19(8-9-27(26,31(34)35)21(30)13-16)29(2)22(33)7-5-18-14-17(28)15-37-18/h3-7,14-15,19,21,25,32H,1,8-13H2,2H3/b7-5+/t19-,21-,25+,26+,27-/m1/s1. The first-order valence-corrected chi connectivity index (χ1v) is 14.1. The molecule has 1 saturated carbocycles. The molecule has 1 spiro atoms. The number of benzene rings is 1. The minimum absolute atomic E-state index is 0.00245. The molecule has 3 heterocycles. The summed E-state index contributed by atoms with van der Waals surface area (Å²) < 4.78 is 7.48. The topological polar surface area (TPSA) is 96.2 Å². The maximum Gasteiger partial charge on any atom is 0.251 e. The lowest BCUT2D eigenvalue weighted by atomic mass is 9.46. The molecule has 0 unspecified atom stereocenters. The van der Waals surface area contributed by atoms with Gasteiger partial charge in [-0.1, -0.05) is 12.1 Å². The van der Waals surface area contributed by atoms with Gasteiger partial charge in [-0.25, -0.2) is 0 Å². The van der Waals surface area contributed by atoms with Crippen molar-refractivity contribution >= 4 is 39.2 Å². The minimum Gasteiger partial charge on any atom is -0.504 e. The minimum atomic E-state index is -1.27. The quantitative estimate of drug-likeness (QED) is 0.234. The van der Waals surface area contributed by atoms with E-state index in [9.17, 15) is 20.0 Å². The summed E-state index contributed by atoms with van der Waals surface area (Å²) in [5.74, 6) is 0.179. The number of nitro groups is 1. The van der Waals surface area contributed by atoms with E-state index in [-0.39, 0.29) is 28.7 Å². The predicted molar refractivity (Wildman–Crippen MR) is 145 cm³/mol. The number of piperidine rings is 1. The fourth-order valence-electron chi connectivity index (χ4n) is 7.61. The van der Waals surface area contributed by atoms with Gasteiger partial charge in [-0.05, 0) is 59.0 Å². The van der Waals surface area contributed by atoms with Crippen molar-refractivity contribution in [1.82, 2.24) is 9.80 Å². The van der Waals surface area contributed by atoms with Crippen LogP contribution in [0.3, 0.4) is 0 Å². The summed E-state index contributed by atoms with van der Waals surface area (Å²) in [7, 11) is 1.75. The fourth-order valence-corrected chi connectivity index (χ4v) is 8.95. The highest BCUT2D eigenvalue weighted by Crippen LogP contribution is 2.66. The molecule has 1 saturated heterocycles. The average molecular weight is 587 g/mol. The predicted octanol–water partition coefficient (Wildman–Crippen LogP) is 4.38. The number of likely N-dealkylation sites (N-methyl/N-ethyl adjacent to an activating group) is 1. The van der Waals surface area contributed by atoms with Gasteiger partial charge in [0.1, 0.15) is 11.5 Å². The third-order valence-corrected chi connectivity index (χ3v) is 10.7. The zero-order valence-corrected chi connectivity index (χ0v) is 22.8. The van der Waals surface area contributed by atoms with E-state index in [1.807, 2.05) is 23.6 Å². The van der Waals surface area contributed by atoms with Crippen molar-refractivity contribution in [2.75, 3.05) is 20.1 Å². The lowest BCUT2D eigenvalue weighted by Gasteiger charge is -2.61. The van der Waals surface area contributed by atoms with Crippen LogP contribution in [0.1, 0.15) is 35.3 Å². The number of phenols is 1. The average Bonchev–Trinajstić information content (AvgIpc) is 3.45. The Morgan fingerprint density at radius 2 is 2.27 bits per heavy atom. The zero-order chi connectivity index (χ0) is 26.1. The SMILES string of the molecule is C=CCN1CC[C@]23c4c5ccc(O)c4O[C@H]2[C@H](N(C)C(=O)/C=C/c2cc(Br)cs2)CC[C@@]3([N+](=O)[O-])[C@H]1C5. The zero-order valence-electron chi connectivity index (χ0n) is 20.4. The number of hydrogen-bond acceptors (Lipinski definition) is 7. The number of nitrogens with zero attached hydrogens (tertiary/aromatic N) is 3. The maximum atomic E-state index is 13.3. The van der Waals surface area contributed by atoms with E-state index in [1.165, 1.54) is 11.3 Å². The maximum absolute atomic E-state index is 13.3. The first kappa shape index (κ1) is 24.6. The van der Waals surface area contributed by atoms with E-state index in [1.54, 1.807) is 30.2 Å². The molecule has 1 amide bonds. The third kappa shape index (κ3) is 3.25. The molecule has 8 nitrogen and oxygen atoms in total. The van der Waals surface area contributed by atoms with Crippen molar-refractivity contribution in [3.63, 3.8) is 0 Å². The normalized spacial score (nSPS) is 31.6. The van der Waals surface area contributed by atoms with Gasteiger partial charge in [-0.3, -0.25) is 19.8 Å². The Morgan fingerprint density at radius 3 is 2.97 bits per heavy atom. The number of carbonyl (C=O) groups is 1. The summed E-state index contributed by atoms with van der Waals surface area (Å²) in [5.41, 5.74) is -0.428. The van der Waals surface area contributed by atoms with E-state index in [0.29, 0.717) is 44.5 Å². The third-order valence-electron chi connectivity index (χ3n) is 9.05. The van der Waals surface area contributed by atoms with Gasteiger partial charge in [0, 0.05) is 57.9 Å². The van der Waals surface area contributed by atoms with Crippen LogP contribution in [0.4, 0.5) is 0 Å². The van der Waals surface area contributed by atoms with Crippen molar-refractivity contribution in [2.24, 2.45) is 0 Å². The molecule has 37 heavy (non-hydrogen) atoms. The van der Waals surface area contributed by atoms with Crippen LogP contribution in [-0.2, 0) is 16.6 Å². The van der Waals surface area contributed by atoms with Crippen molar-refractivity contribution in [3.8, 4) is 11.5 Å². The van der Waals surface area contributed by atoms with Crippen LogP contribution < -0.4 is 4.74 Å². The lowest BCUT2D eigenvalue weighted by Crippen LogP contribution is -2.80. The number of carbonyl (C=O) groups excluding carboxylic acids is 1. The number of rotatable bonds is 6. The first-order valence-electron chi connectivity index (χ1n) is 12.4. The van der Waals surface area contributed by atoms with Crippen LogP contribution in [0.25, 0.3) is 6.08 Å². The second-order valence-electron chi connectivity index (χ2n) is 10.4. The molecule has 4 aliphatic rings. The molecule has 1 aromatic heterocycles. The van der Waals surface area contributed by atoms with Crippen LogP contribution in [0.15, 0.2) is 46.8 Å². The van der Waals surface area contributed by atoms with Gasteiger partial charge in [0.05, 0.1) is 12.1 Å². The summed E-state index contributed by atoms with van der Waals surface area (Å²) >= 11 is 4.96. The Kier molecular flexibility index (Phi) is 5.78. The molecule has 10 heteroatoms. The Balaban J connectivity index is 1.44. The van der Waals surface area contributed by atoms with Crippen LogP contribution in [0.2, 0.25) is 0 Å². The van der Waals surface area contributed by atoms with E-state index < -0.39 is 17.1 Å². The first-order chi connectivity index (χ1) is 17.7. The Labute approximate surface area is 227 Å². The van der Waals surface area contributed by atoms with Gasteiger partial charge in [0.15, 0.2) is 11.5 Å². The number of hydrogen-bond donors (Lipinski definition) is 1. The van der Waals surface area contributed by atoms with Crippen molar-refractivity contribution in [3.05, 3.63) is 72.9 Å². The summed E-state index contributed by atoms with van der Waals surface area (Å²) in [6, 6.07) is 4.77. The smallest absolute Gasteiger partial charge is 0.251 e. The van der Waals surface area contributed by atoms with E-state index in [2.05, 4.69) is 27.4 Å². The molecule has 2 fully saturated rings. The summed E-state index contributed by atoms with van der Waals surface area (Å²) in [6.07, 6.45) is 6.33. The number of aromatic hydroxyl groups is 1. The summed E-state index contributed by atoms with van der Waals surface area (Å²) in [5, 5.41) is 25.9. The van der Waals surface area contributed by atoms with Crippen LogP contribution in [0.5, 0.6) is 11.5 Å². The Morgan fingerprint density at radius 1 is 1.46 bits per heavy atom. The second kappa shape index (κ2) is 8.68. The number of ether oxygens (including phenoxy) is 1.